The molecule has 1 aromatic heterocycles. The SMILES string of the molecule is Cc1c(C(=O)Nc2cccc(C(F)(F)F)c2)oc2c1/C(=N\Nc1ccccc1)CC(C)(C)C2. The van der Waals surface area contributed by atoms with E-state index in [-0.39, 0.29) is 16.9 Å². The zero-order chi connectivity index (χ0) is 23.8. The van der Waals surface area contributed by atoms with Crippen molar-refractivity contribution >= 4 is 23.0 Å². The lowest BCUT2D eigenvalue weighted by Crippen LogP contribution is -2.27. The highest BCUT2D eigenvalue weighted by Crippen LogP contribution is 2.39. The normalized spacial score (nSPS) is 16.4. The van der Waals surface area contributed by atoms with Gasteiger partial charge in [0.25, 0.3) is 5.91 Å². The van der Waals surface area contributed by atoms with Gasteiger partial charge in [-0.3, -0.25) is 10.2 Å². The van der Waals surface area contributed by atoms with Gasteiger partial charge in [-0.2, -0.15) is 18.3 Å². The van der Waals surface area contributed by atoms with Gasteiger partial charge in [0.05, 0.1) is 17.0 Å². The number of carbonyl (C=O) groups is 1. The minimum absolute atomic E-state index is 0.0450. The van der Waals surface area contributed by atoms with E-state index in [0.29, 0.717) is 24.2 Å². The molecular formula is C25H24F3N3O2. The van der Waals surface area contributed by atoms with Crippen LogP contribution in [-0.4, -0.2) is 11.6 Å². The van der Waals surface area contributed by atoms with Crippen molar-refractivity contribution in [3.8, 4) is 0 Å². The molecule has 1 heterocycles. The second kappa shape index (κ2) is 8.42. The van der Waals surface area contributed by atoms with Crippen molar-refractivity contribution in [2.45, 2.75) is 39.8 Å². The third-order valence-corrected chi connectivity index (χ3v) is 5.54. The summed E-state index contributed by atoms with van der Waals surface area (Å²) < 4.78 is 45.0. The Morgan fingerprint density at radius 1 is 1.03 bits per heavy atom. The summed E-state index contributed by atoms with van der Waals surface area (Å²) in [4.78, 5) is 12.9. The number of anilines is 2. The van der Waals surface area contributed by atoms with E-state index in [1.54, 1.807) is 6.92 Å². The first-order valence-electron chi connectivity index (χ1n) is 10.5. The van der Waals surface area contributed by atoms with Crippen LogP contribution in [0.5, 0.6) is 0 Å². The Kier molecular flexibility index (Phi) is 5.78. The molecule has 0 unspecified atom stereocenters. The van der Waals surface area contributed by atoms with E-state index in [9.17, 15) is 18.0 Å². The topological polar surface area (TPSA) is 66.6 Å². The Morgan fingerprint density at radius 2 is 1.73 bits per heavy atom. The maximum absolute atomic E-state index is 13.0. The van der Waals surface area contributed by atoms with Crippen LogP contribution in [0.2, 0.25) is 0 Å². The molecule has 1 aliphatic rings. The number of halogens is 3. The molecule has 0 radical (unpaired) electrons. The van der Waals surface area contributed by atoms with E-state index in [2.05, 4.69) is 29.7 Å². The molecule has 3 aromatic rings. The average Bonchev–Trinajstić information content (AvgIpc) is 3.07. The molecule has 2 N–H and O–H groups in total. The van der Waals surface area contributed by atoms with E-state index < -0.39 is 17.6 Å². The fourth-order valence-electron chi connectivity index (χ4n) is 4.03. The highest BCUT2D eigenvalue weighted by atomic mass is 19.4. The highest BCUT2D eigenvalue weighted by molar-refractivity contribution is 6.09. The fourth-order valence-corrected chi connectivity index (χ4v) is 4.03. The standard InChI is InChI=1S/C25H24F3N3O2/c1-15-21-19(31-30-17-9-5-4-6-10-17)13-24(2,3)14-20(21)33-22(15)23(32)29-18-11-7-8-16(12-18)25(26,27)28/h4-12,30H,13-14H2,1-3H3,(H,29,32)/b31-19-. The predicted octanol–water partition coefficient (Wildman–Crippen LogP) is 6.65. The number of hydrogen-bond donors (Lipinski definition) is 2. The Balaban J connectivity index is 1.64. The van der Waals surface area contributed by atoms with Gasteiger partial charge >= 0.3 is 6.18 Å². The second-order valence-electron chi connectivity index (χ2n) is 8.94. The van der Waals surface area contributed by atoms with E-state index in [4.69, 9.17) is 4.42 Å². The van der Waals surface area contributed by atoms with Crippen LogP contribution < -0.4 is 10.7 Å². The van der Waals surface area contributed by atoms with Gasteiger partial charge in [0, 0.05) is 23.2 Å². The Bertz CT molecular complexity index is 1210. The number of alkyl halides is 3. The first-order valence-corrected chi connectivity index (χ1v) is 10.5. The summed E-state index contributed by atoms with van der Waals surface area (Å²) in [6, 6.07) is 14.0. The van der Waals surface area contributed by atoms with E-state index >= 15 is 0 Å². The largest absolute Gasteiger partial charge is 0.455 e. The molecule has 172 valence electrons. The van der Waals surface area contributed by atoms with Crippen LogP contribution in [-0.2, 0) is 12.6 Å². The van der Waals surface area contributed by atoms with Crippen molar-refractivity contribution in [3.05, 3.63) is 82.8 Å². The minimum Gasteiger partial charge on any atom is -0.455 e. The maximum atomic E-state index is 13.0. The van der Waals surface area contributed by atoms with Gasteiger partial charge in [-0.25, -0.2) is 0 Å². The van der Waals surface area contributed by atoms with Gasteiger partial charge in [0.2, 0.25) is 0 Å². The number of carbonyl (C=O) groups excluding carboxylic acids is 1. The Hall–Kier alpha value is -3.55. The molecule has 4 rings (SSSR count). The number of nitrogens with one attached hydrogen (secondary N) is 2. The van der Waals surface area contributed by atoms with Gasteiger partial charge in [-0.1, -0.05) is 38.1 Å². The highest BCUT2D eigenvalue weighted by Gasteiger charge is 2.36. The minimum atomic E-state index is -4.50. The lowest BCUT2D eigenvalue weighted by molar-refractivity contribution is -0.137. The van der Waals surface area contributed by atoms with Crippen molar-refractivity contribution in [2.75, 3.05) is 10.7 Å². The van der Waals surface area contributed by atoms with Crippen LogP contribution in [0.25, 0.3) is 0 Å². The van der Waals surface area contributed by atoms with Gasteiger partial charge in [0.15, 0.2) is 5.76 Å². The third kappa shape index (κ3) is 4.94. The summed E-state index contributed by atoms with van der Waals surface area (Å²) in [6.07, 6.45) is -3.21. The predicted molar refractivity (Wildman–Crippen MR) is 122 cm³/mol. The van der Waals surface area contributed by atoms with Crippen molar-refractivity contribution in [1.82, 2.24) is 0 Å². The number of furan rings is 1. The number of hydrazone groups is 1. The van der Waals surface area contributed by atoms with Crippen LogP contribution in [0.4, 0.5) is 24.5 Å². The first kappa shape index (κ1) is 22.6. The van der Waals surface area contributed by atoms with E-state index in [1.807, 2.05) is 30.3 Å². The Morgan fingerprint density at radius 3 is 2.42 bits per heavy atom. The van der Waals surface area contributed by atoms with Crippen molar-refractivity contribution in [3.63, 3.8) is 0 Å². The van der Waals surface area contributed by atoms with Crippen LogP contribution in [0.1, 0.15) is 53.3 Å². The third-order valence-electron chi connectivity index (χ3n) is 5.54. The van der Waals surface area contributed by atoms with Crippen LogP contribution in [0, 0.1) is 12.3 Å². The summed E-state index contributed by atoms with van der Waals surface area (Å²) in [6.45, 7) is 5.95. The molecule has 33 heavy (non-hydrogen) atoms. The number of nitrogens with zero attached hydrogens (tertiary/aromatic N) is 1. The zero-order valence-corrected chi connectivity index (χ0v) is 18.5. The summed E-state index contributed by atoms with van der Waals surface area (Å²) in [5, 5.41) is 7.12. The van der Waals surface area contributed by atoms with Gasteiger partial charge in [-0.15, -0.1) is 0 Å². The van der Waals surface area contributed by atoms with E-state index in [1.165, 1.54) is 12.1 Å². The summed E-state index contributed by atoms with van der Waals surface area (Å²) in [7, 11) is 0. The van der Waals surface area contributed by atoms with Crippen molar-refractivity contribution in [2.24, 2.45) is 10.5 Å². The molecule has 2 aromatic carbocycles. The van der Waals surface area contributed by atoms with E-state index in [0.717, 1.165) is 29.1 Å². The molecule has 1 aliphatic carbocycles. The molecule has 8 heteroatoms. The molecule has 0 aliphatic heterocycles. The van der Waals surface area contributed by atoms with Gasteiger partial charge in [-0.05, 0) is 49.1 Å². The molecule has 0 saturated heterocycles. The molecular weight excluding hydrogens is 431 g/mol. The monoisotopic (exact) mass is 455 g/mol. The number of para-hydroxylation sites is 1. The number of benzene rings is 2. The Labute approximate surface area is 189 Å². The summed E-state index contributed by atoms with van der Waals surface area (Å²) in [5.74, 6) is 0.114. The zero-order valence-electron chi connectivity index (χ0n) is 18.5. The molecule has 0 bridgehead atoms. The summed E-state index contributed by atoms with van der Waals surface area (Å²) in [5.41, 5.74) is 5.11. The first-order chi connectivity index (χ1) is 15.5. The van der Waals surface area contributed by atoms with Crippen molar-refractivity contribution < 1.29 is 22.4 Å². The second-order valence-corrected chi connectivity index (χ2v) is 8.94. The quantitative estimate of drug-likeness (QED) is 0.433. The van der Waals surface area contributed by atoms with Crippen LogP contribution in [0.3, 0.4) is 0 Å². The summed E-state index contributed by atoms with van der Waals surface area (Å²) >= 11 is 0. The number of hydrogen-bond acceptors (Lipinski definition) is 4. The number of fused-ring (bicyclic) bond motifs is 1. The van der Waals surface area contributed by atoms with Gasteiger partial charge < -0.3 is 9.73 Å². The van der Waals surface area contributed by atoms with Gasteiger partial charge in [0.1, 0.15) is 5.76 Å². The molecule has 0 spiro atoms. The van der Waals surface area contributed by atoms with Crippen LogP contribution in [0.15, 0.2) is 64.1 Å². The molecule has 0 fully saturated rings. The molecule has 1 amide bonds. The molecule has 5 nitrogen and oxygen atoms in total. The lowest BCUT2D eigenvalue weighted by Gasteiger charge is -2.29. The smallest absolute Gasteiger partial charge is 0.416 e. The average molecular weight is 455 g/mol. The maximum Gasteiger partial charge on any atom is 0.416 e. The number of amides is 1. The number of rotatable bonds is 4. The fraction of sp³-hybridized carbons (Fsp3) is 0.280. The van der Waals surface area contributed by atoms with Crippen LogP contribution >= 0.6 is 0 Å². The molecule has 0 saturated carbocycles. The lowest BCUT2D eigenvalue weighted by atomic mass is 9.75. The molecule has 0 atom stereocenters. The van der Waals surface area contributed by atoms with Crippen molar-refractivity contribution in [1.29, 1.82) is 0 Å².